The molecule has 0 radical (unpaired) electrons. The molecule has 19 heavy (non-hydrogen) atoms. The second-order valence-corrected chi connectivity index (χ2v) is 5.34. The summed E-state index contributed by atoms with van der Waals surface area (Å²) in [6.45, 7) is 1.94. The smallest absolute Gasteiger partial charge is 0.123 e. The molecule has 0 spiro atoms. The molecule has 0 aliphatic carbocycles. The number of hydrogen-bond donors (Lipinski definition) is 2. The van der Waals surface area contributed by atoms with Crippen molar-refractivity contribution in [1.29, 1.82) is 0 Å². The third kappa shape index (κ3) is 3.20. The standard InChI is InChI=1S/C13H16BrFN4/c1-8-5-10(19(2)18-8)7-13(17-16)11-6-9(15)3-4-12(11)14/h3-6,13,17H,7,16H2,1-2H3. The highest BCUT2D eigenvalue weighted by Gasteiger charge is 2.16. The van der Waals surface area contributed by atoms with Gasteiger partial charge in [-0.15, -0.1) is 0 Å². The maximum absolute atomic E-state index is 13.4. The van der Waals surface area contributed by atoms with E-state index in [1.54, 1.807) is 6.07 Å². The lowest BCUT2D eigenvalue weighted by Crippen LogP contribution is -2.30. The van der Waals surface area contributed by atoms with E-state index >= 15 is 0 Å². The Labute approximate surface area is 119 Å². The van der Waals surface area contributed by atoms with Crippen LogP contribution in [0.1, 0.15) is 23.0 Å². The fraction of sp³-hybridized carbons (Fsp3) is 0.308. The monoisotopic (exact) mass is 326 g/mol. The Morgan fingerprint density at radius 1 is 1.47 bits per heavy atom. The van der Waals surface area contributed by atoms with Gasteiger partial charge in [0.05, 0.1) is 11.7 Å². The van der Waals surface area contributed by atoms with Crippen molar-refractivity contribution < 1.29 is 4.39 Å². The Morgan fingerprint density at radius 3 is 2.79 bits per heavy atom. The van der Waals surface area contributed by atoms with E-state index in [-0.39, 0.29) is 11.9 Å². The molecule has 2 rings (SSSR count). The lowest BCUT2D eigenvalue weighted by molar-refractivity contribution is 0.523. The Morgan fingerprint density at radius 2 is 2.21 bits per heavy atom. The van der Waals surface area contributed by atoms with Crippen LogP contribution in [0.25, 0.3) is 0 Å². The zero-order valence-electron chi connectivity index (χ0n) is 10.8. The maximum atomic E-state index is 13.4. The van der Waals surface area contributed by atoms with E-state index in [2.05, 4.69) is 26.5 Å². The normalized spacial score (nSPS) is 12.7. The Hall–Kier alpha value is -1.24. The molecular formula is C13H16BrFN4. The summed E-state index contributed by atoms with van der Waals surface area (Å²) in [6, 6.07) is 6.40. The second kappa shape index (κ2) is 5.81. The van der Waals surface area contributed by atoms with Crippen molar-refractivity contribution >= 4 is 15.9 Å². The minimum Gasteiger partial charge on any atom is -0.272 e. The first-order valence-corrected chi connectivity index (χ1v) is 6.71. The minimum atomic E-state index is -0.278. The van der Waals surface area contributed by atoms with Gasteiger partial charge >= 0.3 is 0 Å². The molecule has 0 saturated carbocycles. The molecule has 6 heteroatoms. The number of hydrogen-bond acceptors (Lipinski definition) is 3. The Bertz CT molecular complexity index is 582. The molecule has 1 atom stereocenters. The molecule has 0 aliphatic rings. The van der Waals surface area contributed by atoms with Gasteiger partial charge < -0.3 is 0 Å². The van der Waals surface area contributed by atoms with Gasteiger partial charge in [-0.3, -0.25) is 16.0 Å². The van der Waals surface area contributed by atoms with E-state index in [9.17, 15) is 4.39 Å². The number of benzene rings is 1. The quantitative estimate of drug-likeness (QED) is 0.670. The number of aryl methyl sites for hydroxylation is 2. The van der Waals surface area contributed by atoms with Crippen LogP contribution in [0.3, 0.4) is 0 Å². The van der Waals surface area contributed by atoms with Gasteiger partial charge in [0.25, 0.3) is 0 Å². The summed E-state index contributed by atoms with van der Waals surface area (Å²) >= 11 is 3.42. The lowest BCUT2D eigenvalue weighted by Gasteiger charge is -2.18. The van der Waals surface area contributed by atoms with Gasteiger partial charge in [-0.05, 0) is 36.8 Å². The van der Waals surface area contributed by atoms with Crippen LogP contribution in [0.15, 0.2) is 28.7 Å². The zero-order chi connectivity index (χ0) is 14.0. The van der Waals surface area contributed by atoms with Crippen LogP contribution in [0, 0.1) is 12.7 Å². The SMILES string of the molecule is Cc1cc(CC(NN)c2cc(F)ccc2Br)n(C)n1. The Balaban J connectivity index is 2.30. The molecule has 0 amide bonds. The van der Waals surface area contributed by atoms with Gasteiger partial charge in [0, 0.05) is 23.6 Å². The maximum Gasteiger partial charge on any atom is 0.123 e. The van der Waals surface area contributed by atoms with Crippen LogP contribution < -0.4 is 11.3 Å². The first-order valence-electron chi connectivity index (χ1n) is 5.92. The number of nitrogens with two attached hydrogens (primary N) is 1. The van der Waals surface area contributed by atoms with Gasteiger partial charge in [0.1, 0.15) is 5.82 Å². The van der Waals surface area contributed by atoms with Crippen LogP contribution in [-0.2, 0) is 13.5 Å². The largest absolute Gasteiger partial charge is 0.272 e. The highest BCUT2D eigenvalue weighted by molar-refractivity contribution is 9.10. The number of nitrogens with one attached hydrogen (secondary N) is 1. The Kier molecular flexibility index (Phi) is 4.34. The highest BCUT2D eigenvalue weighted by atomic mass is 79.9. The van der Waals surface area contributed by atoms with Crippen molar-refractivity contribution in [2.75, 3.05) is 0 Å². The average molecular weight is 327 g/mol. The van der Waals surface area contributed by atoms with Crippen molar-refractivity contribution in [1.82, 2.24) is 15.2 Å². The van der Waals surface area contributed by atoms with Crippen LogP contribution in [0.2, 0.25) is 0 Å². The summed E-state index contributed by atoms with van der Waals surface area (Å²) in [5.41, 5.74) is 5.52. The molecule has 0 fully saturated rings. The van der Waals surface area contributed by atoms with Crippen molar-refractivity contribution in [2.45, 2.75) is 19.4 Å². The van der Waals surface area contributed by atoms with Gasteiger partial charge in [-0.2, -0.15) is 5.10 Å². The van der Waals surface area contributed by atoms with Gasteiger partial charge in [-0.1, -0.05) is 15.9 Å². The number of aromatic nitrogens is 2. The predicted octanol–water partition coefficient (Wildman–Crippen LogP) is 2.38. The summed E-state index contributed by atoms with van der Waals surface area (Å²) in [7, 11) is 1.89. The average Bonchev–Trinajstić information content (AvgIpc) is 2.68. The van der Waals surface area contributed by atoms with Gasteiger partial charge in [0.2, 0.25) is 0 Å². The summed E-state index contributed by atoms with van der Waals surface area (Å²) in [5.74, 6) is 5.33. The van der Waals surface area contributed by atoms with Crippen molar-refractivity contribution in [3.63, 3.8) is 0 Å². The fourth-order valence-corrected chi connectivity index (χ4v) is 2.63. The summed E-state index contributed by atoms with van der Waals surface area (Å²) < 4.78 is 16.0. The van der Waals surface area contributed by atoms with Crippen molar-refractivity contribution in [3.8, 4) is 0 Å². The van der Waals surface area contributed by atoms with Crippen molar-refractivity contribution in [3.05, 3.63) is 51.5 Å². The van der Waals surface area contributed by atoms with E-state index in [4.69, 9.17) is 5.84 Å². The summed E-state index contributed by atoms with van der Waals surface area (Å²) in [5, 5.41) is 4.29. The van der Waals surface area contributed by atoms with Crippen LogP contribution in [0.5, 0.6) is 0 Å². The van der Waals surface area contributed by atoms with E-state index in [0.717, 1.165) is 21.4 Å². The molecule has 1 aromatic carbocycles. The molecule has 2 aromatic rings. The van der Waals surface area contributed by atoms with E-state index in [0.29, 0.717) is 6.42 Å². The molecule has 1 heterocycles. The van der Waals surface area contributed by atoms with E-state index < -0.39 is 0 Å². The van der Waals surface area contributed by atoms with Gasteiger partial charge in [0.15, 0.2) is 0 Å². The van der Waals surface area contributed by atoms with Crippen molar-refractivity contribution in [2.24, 2.45) is 12.9 Å². The number of rotatable bonds is 4. The minimum absolute atomic E-state index is 0.181. The van der Waals surface area contributed by atoms with Gasteiger partial charge in [-0.25, -0.2) is 4.39 Å². The predicted molar refractivity (Wildman–Crippen MR) is 75.8 cm³/mol. The van der Waals surface area contributed by atoms with Crippen LogP contribution in [-0.4, -0.2) is 9.78 Å². The first kappa shape index (κ1) is 14.2. The highest BCUT2D eigenvalue weighted by Crippen LogP contribution is 2.26. The second-order valence-electron chi connectivity index (χ2n) is 4.49. The number of hydrazine groups is 1. The molecule has 4 nitrogen and oxygen atoms in total. The lowest BCUT2D eigenvalue weighted by atomic mass is 10.0. The molecule has 0 aliphatic heterocycles. The number of halogens is 2. The molecule has 1 unspecified atom stereocenters. The molecule has 3 N–H and O–H groups in total. The molecule has 0 bridgehead atoms. The van der Waals surface area contributed by atoms with Crippen LogP contribution in [0.4, 0.5) is 4.39 Å². The summed E-state index contributed by atoms with van der Waals surface area (Å²) in [6.07, 6.45) is 0.635. The third-order valence-corrected chi connectivity index (χ3v) is 3.77. The zero-order valence-corrected chi connectivity index (χ0v) is 12.4. The molecular weight excluding hydrogens is 311 g/mol. The van der Waals surface area contributed by atoms with E-state index in [1.165, 1.54) is 12.1 Å². The first-order chi connectivity index (χ1) is 9.01. The molecule has 102 valence electrons. The summed E-state index contributed by atoms with van der Waals surface area (Å²) in [4.78, 5) is 0. The van der Waals surface area contributed by atoms with E-state index in [1.807, 2.05) is 24.7 Å². The molecule has 0 saturated heterocycles. The third-order valence-electron chi connectivity index (χ3n) is 3.05. The number of nitrogens with zero attached hydrogens (tertiary/aromatic N) is 2. The van der Waals surface area contributed by atoms with Crippen LogP contribution >= 0.6 is 15.9 Å². The fourth-order valence-electron chi connectivity index (χ4n) is 2.10. The topological polar surface area (TPSA) is 55.9 Å². The molecule has 1 aromatic heterocycles.